The van der Waals surface area contributed by atoms with Crippen LogP contribution in [0.3, 0.4) is 0 Å². The number of halogens is 1. The van der Waals surface area contributed by atoms with Crippen LogP contribution in [0, 0.1) is 5.82 Å². The number of ether oxygens (including phenoxy) is 1. The Morgan fingerprint density at radius 3 is 2.48 bits per heavy atom. The van der Waals surface area contributed by atoms with Crippen molar-refractivity contribution in [1.29, 1.82) is 0 Å². The predicted octanol–water partition coefficient (Wildman–Crippen LogP) is 5.23. The molecule has 0 N–H and O–H groups in total. The van der Waals surface area contributed by atoms with Crippen LogP contribution < -0.4 is 4.74 Å². The lowest BCUT2D eigenvalue weighted by molar-refractivity contribution is 0.354. The summed E-state index contributed by atoms with van der Waals surface area (Å²) in [5.74, 6) is 0.581. The van der Waals surface area contributed by atoms with Gasteiger partial charge in [0.25, 0.3) is 0 Å². The summed E-state index contributed by atoms with van der Waals surface area (Å²) in [6, 6.07) is 13.9. The lowest BCUT2D eigenvalue weighted by Gasteiger charge is -2.09. The second-order valence-electron chi connectivity index (χ2n) is 5.35. The molecule has 1 aliphatic rings. The van der Waals surface area contributed by atoms with E-state index in [1.807, 2.05) is 24.3 Å². The van der Waals surface area contributed by atoms with Crippen LogP contribution in [0.5, 0.6) is 5.75 Å². The molecule has 116 valence electrons. The van der Waals surface area contributed by atoms with E-state index >= 15 is 0 Å². The van der Waals surface area contributed by atoms with Gasteiger partial charge in [0.15, 0.2) is 0 Å². The molecule has 0 bridgehead atoms. The van der Waals surface area contributed by atoms with Gasteiger partial charge in [-0.2, -0.15) is 0 Å². The van der Waals surface area contributed by atoms with Crippen LogP contribution in [-0.4, -0.2) is 12.8 Å². The van der Waals surface area contributed by atoms with Crippen LogP contribution in [0.4, 0.5) is 10.1 Å². The van der Waals surface area contributed by atoms with E-state index in [-0.39, 0.29) is 5.82 Å². The Kier molecular flexibility index (Phi) is 4.99. The van der Waals surface area contributed by atoms with Gasteiger partial charge in [-0.05, 0) is 72.5 Å². The Morgan fingerprint density at radius 2 is 1.78 bits per heavy atom. The average molecular weight is 307 g/mol. The summed E-state index contributed by atoms with van der Waals surface area (Å²) in [6.45, 7) is 0.597. The molecule has 1 aliphatic carbocycles. The molecule has 0 amide bonds. The van der Waals surface area contributed by atoms with Crippen LogP contribution in [0.15, 0.2) is 77.3 Å². The van der Waals surface area contributed by atoms with Crippen molar-refractivity contribution >= 4 is 11.9 Å². The molecule has 23 heavy (non-hydrogen) atoms. The molecule has 0 spiro atoms. The molecule has 2 aromatic carbocycles. The maximum absolute atomic E-state index is 12.8. The van der Waals surface area contributed by atoms with Gasteiger partial charge in [-0.25, -0.2) is 4.39 Å². The number of aliphatic imine (C=N–C) groups is 1. The number of rotatable bonds is 5. The van der Waals surface area contributed by atoms with Gasteiger partial charge in [0.05, 0.1) is 5.69 Å². The molecule has 0 unspecified atom stereocenters. The second-order valence-corrected chi connectivity index (χ2v) is 5.35. The van der Waals surface area contributed by atoms with Gasteiger partial charge >= 0.3 is 0 Å². The monoisotopic (exact) mass is 307 g/mol. The molecule has 2 aromatic rings. The first-order valence-corrected chi connectivity index (χ1v) is 7.68. The summed E-state index contributed by atoms with van der Waals surface area (Å²) in [7, 11) is 0. The summed E-state index contributed by atoms with van der Waals surface area (Å²) in [6.07, 6.45) is 10.5. The number of hydrogen-bond donors (Lipinski definition) is 0. The SMILES string of the molecule is Fc1ccc(N=Cc2ccc(OCC3=CCCC=C3)cc2)cc1. The molecule has 0 aliphatic heterocycles. The van der Waals surface area contributed by atoms with Crippen LogP contribution in [0.1, 0.15) is 18.4 Å². The fraction of sp³-hybridized carbons (Fsp3) is 0.150. The topological polar surface area (TPSA) is 21.6 Å². The maximum atomic E-state index is 12.8. The van der Waals surface area contributed by atoms with Crippen molar-refractivity contribution in [2.45, 2.75) is 12.8 Å². The molecule has 0 atom stereocenters. The van der Waals surface area contributed by atoms with Gasteiger partial charge in [-0.3, -0.25) is 4.99 Å². The van der Waals surface area contributed by atoms with Crippen LogP contribution in [0.2, 0.25) is 0 Å². The van der Waals surface area contributed by atoms with E-state index in [0.717, 1.165) is 29.8 Å². The van der Waals surface area contributed by atoms with E-state index in [4.69, 9.17) is 4.74 Å². The number of nitrogens with zero attached hydrogens (tertiary/aromatic N) is 1. The molecular formula is C20H18FNO. The first kappa shape index (κ1) is 15.2. The summed E-state index contributed by atoms with van der Waals surface area (Å²) >= 11 is 0. The van der Waals surface area contributed by atoms with Crippen molar-refractivity contribution in [3.8, 4) is 5.75 Å². The first-order chi connectivity index (χ1) is 11.3. The first-order valence-electron chi connectivity index (χ1n) is 7.68. The summed E-state index contributed by atoms with van der Waals surface area (Å²) < 4.78 is 18.6. The summed E-state index contributed by atoms with van der Waals surface area (Å²) in [5, 5.41) is 0. The largest absolute Gasteiger partial charge is 0.489 e. The highest BCUT2D eigenvalue weighted by atomic mass is 19.1. The fourth-order valence-electron chi connectivity index (χ4n) is 2.27. The van der Waals surface area contributed by atoms with E-state index in [1.165, 1.54) is 17.7 Å². The highest BCUT2D eigenvalue weighted by Gasteiger charge is 1.99. The van der Waals surface area contributed by atoms with Crippen LogP contribution >= 0.6 is 0 Å². The molecular weight excluding hydrogens is 289 g/mol. The molecule has 0 fully saturated rings. The predicted molar refractivity (Wildman–Crippen MR) is 92.0 cm³/mol. The fourth-order valence-corrected chi connectivity index (χ4v) is 2.27. The minimum Gasteiger partial charge on any atom is -0.489 e. The van der Waals surface area contributed by atoms with Crippen molar-refractivity contribution in [3.05, 3.63) is 83.7 Å². The zero-order valence-corrected chi connectivity index (χ0v) is 12.8. The highest BCUT2D eigenvalue weighted by molar-refractivity contribution is 5.82. The number of benzene rings is 2. The van der Waals surface area contributed by atoms with Crippen molar-refractivity contribution in [3.63, 3.8) is 0 Å². The molecule has 3 heteroatoms. The third-order valence-corrected chi connectivity index (χ3v) is 3.55. The quantitative estimate of drug-likeness (QED) is 0.693. The Hall–Kier alpha value is -2.68. The Balaban J connectivity index is 1.57. The van der Waals surface area contributed by atoms with Crippen molar-refractivity contribution < 1.29 is 9.13 Å². The van der Waals surface area contributed by atoms with E-state index in [9.17, 15) is 4.39 Å². The Morgan fingerprint density at radius 1 is 1.00 bits per heavy atom. The third kappa shape index (κ3) is 4.65. The van der Waals surface area contributed by atoms with E-state index in [2.05, 4.69) is 23.2 Å². The molecule has 3 rings (SSSR count). The second kappa shape index (κ2) is 7.54. The molecule has 0 saturated heterocycles. The van der Waals surface area contributed by atoms with Crippen LogP contribution in [0.25, 0.3) is 0 Å². The van der Waals surface area contributed by atoms with Gasteiger partial charge in [0, 0.05) is 6.21 Å². The van der Waals surface area contributed by atoms with Gasteiger partial charge in [-0.15, -0.1) is 0 Å². The highest BCUT2D eigenvalue weighted by Crippen LogP contribution is 2.16. The minimum absolute atomic E-state index is 0.256. The smallest absolute Gasteiger partial charge is 0.123 e. The molecule has 0 saturated carbocycles. The lowest BCUT2D eigenvalue weighted by atomic mass is 10.1. The Bertz CT molecular complexity index is 727. The molecule has 0 radical (unpaired) electrons. The van der Waals surface area contributed by atoms with Crippen molar-refractivity contribution in [2.75, 3.05) is 6.61 Å². The summed E-state index contributed by atoms with van der Waals surface area (Å²) in [4.78, 5) is 4.32. The van der Waals surface area contributed by atoms with Crippen molar-refractivity contribution in [1.82, 2.24) is 0 Å². The van der Waals surface area contributed by atoms with Gasteiger partial charge in [-0.1, -0.05) is 18.2 Å². The summed E-state index contributed by atoms with van der Waals surface area (Å²) in [5.41, 5.74) is 2.92. The molecule has 0 heterocycles. The van der Waals surface area contributed by atoms with E-state index in [1.54, 1.807) is 18.3 Å². The van der Waals surface area contributed by atoms with E-state index in [0.29, 0.717) is 6.61 Å². The normalized spacial score (nSPS) is 14.0. The average Bonchev–Trinajstić information content (AvgIpc) is 2.61. The number of hydrogen-bond acceptors (Lipinski definition) is 2. The maximum Gasteiger partial charge on any atom is 0.123 e. The van der Waals surface area contributed by atoms with Crippen LogP contribution in [-0.2, 0) is 0 Å². The third-order valence-electron chi connectivity index (χ3n) is 3.55. The van der Waals surface area contributed by atoms with Gasteiger partial charge in [0.1, 0.15) is 18.2 Å². The standard InChI is InChI=1S/C20H18FNO/c21-18-8-10-19(11-9-18)22-14-16-6-12-20(13-7-16)23-15-17-4-2-1-3-5-17/h2,4-14H,1,3,15H2. The molecule has 2 nitrogen and oxygen atoms in total. The molecule has 0 aromatic heterocycles. The Labute approximate surface area is 135 Å². The zero-order valence-electron chi connectivity index (χ0n) is 12.8. The minimum atomic E-state index is -0.256. The van der Waals surface area contributed by atoms with Crippen molar-refractivity contribution in [2.24, 2.45) is 4.99 Å². The number of allylic oxidation sites excluding steroid dienone is 2. The zero-order chi connectivity index (χ0) is 15.9. The van der Waals surface area contributed by atoms with E-state index < -0.39 is 0 Å². The van der Waals surface area contributed by atoms with Gasteiger partial charge in [0.2, 0.25) is 0 Å². The van der Waals surface area contributed by atoms with Gasteiger partial charge < -0.3 is 4.74 Å². The lowest BCUT2D eigenvalue weighted by Crippen LogP contribution is -2.01.